The van der Waals surface area contributed by atoms with Gasteiger partial charge in [0.1, 0.15) is 5.75 Å². The largest absolute Gasteiger partial charge is 0.497 e. The molecule has 4 rings (SSSR count). The van der Waals surface area contributed by atoms with E-state index in [-0.39, 0.29) is 5.91 Å². The van der Waals surface area contributed by atoms with Crippen LogP contribution in [0.1, 0.15) is 42.3 Å². The zero-order chi connectivity index (χ0) is 22.3. The number of nitrogens with one attached hydrogen (secondary N) is 1. The molecular formula is C24H23F3N2O2. The number of aromatic amines is 1. The van der Waals surface area contributed by atoms with Crippen LogP contribution in [0, 0.1) is 0 Å². The number of hydrogen-bond acceptors (Lipinski definition) is 2. The number of amides is 1. The molecule has 0 saturated carbocycles. The van der Waals surface area contributed by atoms with Crippen LogP contribution in [-0.4, -0.2) is 29.4 Å². The van der Waals surface area contributed by atoms with Crippen LogP contribution >= 0.6 is 0 Å². The number of benzene rings is 2. The second-order valence-corrected chi connectivity index (χ2v) is 7.96. The molecule has 1 N–H and O–H groups in total. The normalized spacial score (nSPS) is 16.2. The summed E-state index contributed by atoms with van der Waals surface area (Å²) in [7, 11) is 1.59. The highest BCUT2D eigenvalue weighted by atomic mass is 19.4. The van der Waals surface area contributed by atoms with E-state index < -0.39 is 17.8 Å². The Morgan fingerprint density at radius 3 is 2.65 bits per heavy atom. The lowest BCUT2D eigenvalue weighted by molar-refractivity contribution is -0.137. The molecule has 1 aliphatic heterocycles. The Kier molecular flexibility index (Phi) is 5.29. The van der Waals surface area contributed by atoms with Crippen LogP contribution in [-0.2, 0) is 17.4 Å². The quantitative estimate of drug-likeness (QED) is 0.549. The fraction of sp³-hybridized carbons (Fsp3) is 0.292. The Bertz CT molecular complexity index is 1170. The van der Waals surface area contributed by atoms with Crippen LogP contribution in [0.5, 0.6) is 5.75 Å². The van der Waals surface area contributed by atoms with Gasteiger partial charge < -0.3 is 14.6 Å². The Hall–Kier alpha value is -3.22. The number of fused-ring (bicyclic) bond motifs is 3. The van der Waals surface area contributed by atoms with Gasteiger partial charge in [-0.15, -0.1) is 0 Å². The van der Waals surface area contributed by atoms with Gasteiger partial charge >= 0.3 is 6.18 Å². The minimum Gasteiger partial charge on any atom is -0.497 e. The topological polar surface area (TPSA) is 45.3 Å². The lowest BCUT2D eigenvalue weighted by Crippen LogP contribution is -2.40. The number of ether oxygens (including phenoxy) is 1. The van der Waals surface area contributed by atoms with Crippen molar-refractivity contribution in [1.29, 1.82) is 0 Å². The molecule has 1 atom stereocenters. The van der Waals surface area contributed by atoms with Gasteiger partial charge in [-0.2, -0.15) is 13.2 Å². The van der Waals surface area contributed by atoms with Crippen LogP contribution < -0.4 is 4.74 Å². The van der Waals surface area contributed by atoms with E-state index >= 15 is 0 Å². The van der Waals surface area contributed by atoms with Gasteiger partial charge in [-0.3, -0.25) is 4.79 Å². The predicted molar refractivity (Wildman–Crippen MR) is 113 cm³/mol. The molecule has 4 nitrogen and oxygen atoms in total. The smallest absolute Gasteiger partial charge is 0.416 e. The van der Waals surface area contributed by atoms with Crippen molar-refractivity contribution in [2.75, 3.05) is 13.7 Å². The molecule has 3 aromatic rings. The third-order valence-corrected chi connectivity index (χ3v) is 5.56. The van der Waals surface area contributed by atoms with Crippen molar-refractivity contribution < 1.29 is 22.7 Å². The van der Waals surface area contributed by atoms with Gasteiger partial charge in [0, 0.05) is 29.2 Å². The molecule has 1 amide bonds. The van der Waals surface area contributed by atoms with Crippen LogP contribution in [0.2, 0.25) is 0 Å². The number of hydrogen-bond donors (Lipinski definition) is 1. The fourth-order valence-corrected chi connectivity index (χ4v) is 4.19. The maximum absolute atomic E-state index is 13.4. The maximum Gasteiger partial charge on any atom is 0.416 e. The Balaban J connectivity index is 1.91. The summed E-state index contributed by atoms with van der Waals surface area (Å²) >= 11 is 0. The number of alkyl halides is 3. The highest BCUT2D eigenvalue weighted by molar-refractivity contribution is 5.91. The molecule has 0 bridgehead atoms. The van der Waals surface area contributed by atoms with E-state index in [4.69, 9.17) is 4.74 Å². The van der Waals surface area contributed by atoms with E-state index in [0.717, 1.165) is 39.9 Å². The zero-order valence-corrected chi connectivity index (χ0v) is 17.5. The van der Waals surface area contributed by atoms with Crippen molar-refractivity contribution in [3.05, 3.63) is 76.5 Å². The summed E-state index contributed by atoms with van der Waals surface area (Å²) in [6.45, 7) is 4.05. The van der Waals surface area contributed by atoms with Crippen molar-refractivity contribution >= 4 is 16.8 Å². The minimum atomic E-state index is -4.46. The summed E-state index contributed by atoms with van der Waals surface area (Å²) < 4.78 is 45.5. The molecule has 1 aliphatic rings. The number of allylic oxidation sites excluding steroid dienone is 1. The van der Waals surface area contributed by atoms with E-state index in [1.54, 1.807) is 18.1 Å². The number of nitrogens with zero attached hydrogens (tertiary/aromatic N) is 1. The second-order valence-electron chi connectivity index (χ2n) is 7.96. The van der Waals surface area contributed by atoms with Crippen molar-refractivity contribution in [3.63, 3.8) is 0 Å². The van der Waals surface area contributed by atoms with Crippen LogP contribution in [0.3, 0.4) is 0 Å². The highest BCUT2D eigenvalue weighted by Crippen LogP contribution is 2.41. The van der Waals surface area contributed by atoms with Crippen LogP contribution in [0.4, 0.5) is 13.2 Å². The molecule has 2 aromatic carbocycles. The molecule has 162 valence electrons. The van der Waals surface area contributed by atoms with Gasteiger partial charge in [0.05, 0.1) is 18.7 Å². The Morgan fingerprint density at radius 1 is 1.19 bits per heavy atom. The van der Waals surface area contributed by atoms with Crippen LogP contribution in [0.15, 0.2) is 54.1 Å². The summed E-state index contributed by atoms with van der Waals surface area (Å²) in [5.41, 5.74) is 3.12. The summed E-state index contributed by atoms with van der Waals surface area (Å²) in [5.74, 6) is 0.484. The average molecular weight is 428 g/mol. The molecule has 0 radical (unpaired) electrons. The lowest BCUT2D eigenvalue weighted by atomic mass is 9.91. The van der Waals surface area contributed by atoms with Crippen molar-refractivity contribution in [3.8, 4) is 5.75 Å². The van der Waals surface area contributed by atoms with E-state index in [0.29, 0.717) is 24.3 Å². The number of methoxy groups -OCH3 is 1. The third-order valence-electron chi connectivity index (χ3n) is 5.56. The standard InChI is InChI=1S/C24H23F3N2O2/c1-14(2)11-21(30)29-10-9-18-19-13-17(31-3)7-8-20(19)28-22(18)23(29)15-5-4-6-16(12-15)24(25,26)27/h4-8,11-13,23,28H,9-10H2,1-3H3/t23-/m0/s1. The Labute approximate surface area is 178 Å². The predicted octanol–water partition coefficient (Wildman–Crippen LogP) is 5.64. The molecule has 0 unspecified atom stereocenters. The summed E-state index contributed by atoms with van der Waals surface area (Å²) in [5, 5.41) is 0.959. The first kappa shape index (κ1) is 21.0. The average Bonchev–Trinajstić information content (AvgIpc) is 3.09. The van der Waals surface area contributed by atoms with Crippen molar-refractivity contribution in [1.82, 2.24) is 9.88 Å². The van der Waals surface area contributed by atoms with Crippen molar-refractivity contribution in [2.45, 2.75) is 32.5 Å². The highest BCUT2D eigenvalue weighted by Gasteiger charge is 2.36. The molecule has 1 aromatic heterocycles. The molecule has 0 aliphatic carbocycles. The SMILES string of the molecule is COc1ccc2[nH]c3c(c2c1)CCN(C(=O)C=C(C)C)[C@H]3c1cccc(C(F)(F)F)c1. The molecule has 0 fully saturated rings. The number of carbonyl (C=O) groups is 1. The van der Waals surface area contributed by atoms with Gasteiger partial charge in [-0.25, -0.2) is 0 Å². The molecule has 0 spiro atoms. The van der Waals surface area contributed by atoms with Gasteiger partial charge in [0.15, 0.2) is 0 Å². The summed E-state index contributed by atoms with van der Waals surface area (Å²) in [4.78, 5) is 18.0. The first-order valence-corrected chi connectivity index (χ1v) is 10.00. The van der Waals surface area contributed by atoms with Gasteiger partial charge in [0.2, 0.25) is 5.91 Å². The Morgan fingerprint density at radius 2 is 1.97 bits per heavy atom. The van der Waals surface area contributed by atoms with E-state index in [1.165, 1.54) is 12.1 Å². The summed E-state index contributed by atoms with van der Waals surface area (Å²) in [6.07, 6.45) is -2.34. The van der Waals surface area contributed by atoms with Gasteiger partial charge in [0.25, 0.3) is 0 Å². The van der Waals surface area contributed by atoms with E-state index in [2.05, 4.69) is 4.98 Å². The number of halogens is 3. The summed E-state index contributed by atoms with van der Waals surface area (Å²) in [6, 6.07) is 10.2. The molecule has 7 heteroatoms. The monoisotopic (exact) mass is 428 g/mol. The molecule has 0 saturated heterocycles. The number of H-pyrrole nitrogens is 1. The number of rotatable bonds is 3. The fourth-order valence-electron chi connectivity index (χ4n) is 4.19. The van der Waals surface area contributed by atoms with Gasteiger partial charge in [-0.05, 0) is 61.7 Å². The van der Waals surface area contributed by atoms with E-state index in [1.807, 2.05) is 32.0 Å². The van der Waals surface area contributed by atoms with Crippen molar-refractivity contribution in [2.24, 2.45) is 0 Å². The minimum absolute atomic E-state index is 0.218. The number of aromatic nitrogens is 1. The molecular weight excluding hydrogens is 405 g/mol. The molecule has 2 heterocycles. The maximum atomic E-state index is 13.4. The first-order valence-electron chi connectivity index (χ1n) is 10.00. The lowest BCUT2D eigenvalue weighted by Gasteiger charge is -2.36. The van der Waals surface area contributed by atoms with Gasteiger partial charge in [-0.1, -0.05) is 17.7 Å². The zero-order valence-electron chi connectivity index (χ0n) is 17.5. The second kappa shape index (κ2) is 7.80. The first-order chi connectivity index (χ1) is 14.7. The third kappa shape index (κ3) is 3.92. The number of carbonyl (C=O) groups excluding carboxylic acids is 1. The molecule has 31 heavy (non-hydrogen) atoms. The van der Waals surface area contributed by atoms with E-state index in [9.17, 15) is 18.0 Å². The van der Waals surface area contributed by atoms with Crippen LogP contribution in [0.25, 0.3) is 10.9 Å².